The van der Waals surface area contributed by atoms with E-state index in [4.69, 9.17) is 0 Å². The molecule has 1 heterocycles. The van der Waals surface area contributed by atoms with Crippen molar-refractivity contribution in [1.29, 1.82) is 0 Å². The normalized spacial score (nSPS) is 25.3. The fourth-order valence-corrected chi connectivity index (χ4v) is 2.31. The highest BCUT2D eigenvalue weighted by molar-refractivity contribution is 5.93. The standard InChI is InChI=1S/C11H17NO3/c1-3-6-11(10(14)15)7-5-8-12(11)9(13)4-2/h4H,2-3,5-8H2,1H3,(H,14,15). The van der Waals surface area contributed by atoms with Gasteiger partial charge < -0.3 is 10.0 Å². The maximum atomic E-state index is 11.6. The van der Waals surface area contributed by atoms with E-state index in [0.717, 1.165) is 12.8 Å². The van der Waals surface area contributed by atoms with Gasteiger partial charge in [0.15, 0.2) is 0 Å². The largest absolute Gasteiger partial charge is 0.479 e. The van der Waals surface area contributed by atoms with Crippen LogP contribution >= 0.6 is 0 Å². The third kappa shape index (κ3) is 1.89. The van der Waals surface area contributed by atoms with Crippen LogP contribution in [0.5, 0.6) is 0 Å². The molecule has 0 aromatic heterocycles. The molecular formula is C11H17NO3. The van der Waals surface area contributed by atoms with Crippen molar-refractivity contribution in [2.24, 2.45) is 0 Å². The van der Waals surface area contributed by atoms with Gasteiger partial charge in [-0.15, -0.1) is 0 Å². The van der Waals surface area contributed by atoms with Gasteiger partial charge in [0.25, 0.3) is 0 Å². The van der Waals surface area contributed by atoms with Crippen LogP contribution in [0.2, 0.25) is 0 Å². The van der Waals surface area contributed by atoms with Crippen LogP contribution in [0, 0.1) is 0 Å². The van der Waals surface area contributed by atoms with Crippen molar-refractivity contribution < 1.29 is 14.7 Å². The van der Waals surface area contributed by atoms with Crippen LogP contribution in [0.4, 0.5) is 0 Å². The third-order valence-corrected chi connectivity index (χ3v) is 2.99. The van der Waals surface area contributed by atoms with Gasteiger partial charge in [-0.3, -0.25) is 4.79 Å². The van der Waals surface area contributed by atoms with Crippen LogP contribution in [0.3, 0.4) is 0 Å². The molecule has 4 nitrogen and oxygen atoms in total. The molecule has 0 aromatic rings. The first kappa shape index (κ1) is 11.8. The predicted octanol–water partition coefficient (Wildman–Crippen LogP) is 1.42. The Morgan fingerprint density at radius 2 is 2.27 bits per heavy atom. The van der Waals surface area contributed by atoms with Crippen molar-refractivity contribution in [3.8, 4) is 0 Å². The minimum atomic E-state index is -0.986. The minimum Gasteiger partial charge on any atom is -0.479 e. The molecule has 1 aliphatic rings. The molecule has 1 fully saturated rings. The van der Waals surface area contributed by atoms with Crippen LogP contribution in [0.15, 0.2) is 12.7 Å². The van der Waals surface area contributed by atoms with E-state index in [1.54, 1.807) is 0 Å². The van der Waals surface area contributed by atoms with Gasteiger partial charge in [-0.05, 0) is 25.3 Å². The monoisotopic (exact) mass is 211 g/mol. The van der Waals surface area contributed by atoms with Crippen molar-refractivity contribution in [1.82, 2.24) is 4.90 Å². The number of carbonyl (C=O) groups excluding carboxylic acids is 1. The van der Waals surface area contributed by atoms with Crippen molar-refractivity contribution in [3.63, 3.8) is 0 Å². The smallest absolute Gasteiger partial charge is 0.329 e. The van der Waals surface area contributed by atoms with Crippen LogP contribution < -0.4 is 0 Å². The van der Waals surface area contributed by atoms with E-state index in [2.05, 4.69) is 6.58 Å². The van der Waals surface area contributed by atoms with Gasteiger partial charge in [-0.25, -0.2) is 4.79 Å². The van der Waals surface area contributed by atoms with Gasteiger partial charge in [0, 0.05) is 6.54 Å². The quantitative estimate of drug-likeness (QED) is 0.715. The zero-order valence-corrected chi connectivity index (χ0v) is 9.03. The molecule has 1 unspecified atom stereocenters. The van der Waals surface area contributed by atoms with Crippen molar-refractivity contribution in [2.75, 3.05) is 6.54 Å². The molecule has 1 N–H and O–H groups in total. The van der Waals surface area contributed by atoms with E-state index in [9.17, 15) is 14.7 Å². The summed E-state index contributed by atoms with van der Waals surface area (Å²) < 4.78 is 0. The number of carboxylic acids is 1. The summed E-state index contributed by atoms with van der Waals surface area (Å²) in [5.41, 5.74) is -0.986. The lowest BCUT2D eigenvalue weighted by Gasteiger charge is -2.33. The first-order valence-electron chi connectivity index (χ1n) is 5.26. The van der Waals surface area contributed by atoms with Crippen molar-refractivity contribution in [2.45, 2.75) is 38.1 Å². The molecule has 4 heteroatoms. The Morgan fingerprint density at radius 1 is 1.60 bits per heavy atom. The van der Waals surface area contributed by atoms with Gasteiger partial charge in [-0.2, -0.15) is 0 Å². The van der Waals surface area contributed by atoms with E-state index in [-0.39, 0.29) is 5.91 Å². The van der Waals surface area contributed by atoms with Crippen LogP contribution in [0.25, 0.3) is 0 Å². The highest BCUT2D eigenvalue weighted by Crippen LogP contribution is 2.34. The van der Waals surface area contributed by atoms with Gasteiger partial charge in [0.05, 0.1) is 0 Å². The van der Waals surface area contributed by atoms with Crippen LogP contribution in [-0.4, -0.2) is 34.0 Å². The number of amides is 1. The molecule has 84 valence electrons. The topological polar surface area (TPSA) is 57.6 Å². The number of carboxylic acid groups (broad SMARTS) is 1. The van der Waals surface area contributed by atoms with E-state index in [0.29, 0.717) is 19.4 Å². The zero-order chi connectivity index (χ0) is 11.5. The van der Waals surface area contributed by atoms with Crippen molar-refractivity contribution >= 4 is 11.9 Å². The molecule has 0 aromatic carbocycles. The van der Waals surface area contributed by atoms with Crippen LogP contribution in [0.1, 0.15) is 32.6 Å². The Labute approximate surface area is 89.6 Å². The van der Waals surface area contributed by atoms with Gasteiger partial charge in [0.1, 0.15) is 5.54 Å². The number of likely N-dealkylation sites (tertiary alicyclic amines) is 1. The number of rotatable bonds is 4. The molecule has 1 amide bonds. The molecule has 0 bridgehead atoms. The molecule has 1 rings (SSSR count). The van der Waals surface area contributed by atoms with E-state index < -0.39 is 11.5 Å². The summed E-state index contributed by atoms with van der Waals surface area (Å²) in [5.74, 6) is -1.17. The molecule has 1 aliphatic heterocycles. The van der Waals surface area contributed by atoms with Crippen molar-refractivity contribution in [3.05, 3.63) is 12.7 Å². The summed E-state index contributed by atoms with van der Waals surface area (Å²) in [4.78, 5) is 24.3. The minimum absolute atomic E-state index is 0.275. The highest BCUT2D eigenvalue weighted by atomic mass is 16.4. The molecule has 1 saturated heterocycles. The highest BCUT2D eigenvalue weighted by Gasteiger charge is 2.48. The fourth-order valence-electron chi connectivity index (χ4n) is 2.31. The van der Waals surface area contributed by atoms with E-state index in [1.165, 1.54) is 11.0 Å². The zero-order valence-electron chi connectivity index (χ0n) is 9.03. The lowest BCUT2D eigenvalue weighted by Crippen LogP contribution is -2.52. The Morgan fingerprint density at radius 3 is 2.73 bits per heavy atom. The van der Waals surface area contributed by atoms with Gasteiger partial charge in [0.2, 0.25) is 5.91 Å². The Bertz CT molecular complexity index is 288. The Hall–Kier alpha value is -1.32. The van der Waals surface area contributed by atoms with Gasteiger partial charge in [-0.1, -0.05) is 19.9 Å². The lowest BCUT2D eigenvalue weighted by molar-refractivity contribution is -0.155. The number of aliphatic carboxylic acids is 1. The SMILES string of the molecule is C=CC(=O)N1CCCC1(CCC)C(=O)O. The van der Waals surface area contributed by atoms with E-state index >= 15 is 0 Å². The number of hydrogen-bond acceptors (Lipinski definition) is 2. The Kier molecular flexibility index (Phi) is 3.50. The maximum absolute atomic E-state index is 11.6. The second kappa shape index (κ2) is 4.47. The van der Waals surface area contributed by atoms with Crippen LogP contribution in [-0.2, 0) is 9.59 Å². The lowest BCUT2D eigenvalue weighted by atomic mass is 9.90. The summed E-state index contributed by atoms with van der Waals surface area (Å²) in [6.45, 7) is 5.86. The number of nitrogens with zero attached hydrogens (tertiary/aromatic N) is 1. The summed E-state index contributed by atoms with van der Waals surface area (Å²) in [5, 5.41) is 9.28. The third-order valence-electron chi connectivity index (χ3n) is 2.99. The molecule has 0 saturated carbocycles. The molecular weight excluding hydrogens is 194 g/mol. The average Bonchev–Trinajstić information content (AvgIpc) is 2.62. The summed E-state index contributed by atoms with van der Waals surface area (Å²) >= 11 is 0. The molecule has 0 aliphatic carbocycles. The summed E-state index contributed by atoms with van der Waals surface area (Å²) in [6, 6.07) is 0. The second-order valence-corrected chi connectivity index (χ2v) is 3.88. The number of hydrogen-bond donors (Lipinski definition) is 1. The number of carbonyl (C=O) groups is 2. The maximum Gasteiger partial charge on any atom is 0.329 e. The molecule has 0 spiro atoms. The predicted molar refractivity (Wildman–Crippen MR) is 56.4 cm³/mol. The van der Waals surface area contributed by atoms with Gasteiger partial charge >= 0.3 is 5.97 Å². The van der Waals surface area contributed by atoms with E-state index in [1.807, 2.05) is 6.92 Å². The fraction of sp³-hybridized carbons (Fsp3) is 0.636. The molecule has 1 atom stereocenters. The second-order valence-electron chi connectivity index (χ2n) is 3.88. The molecule has 15 heavy (non-hydrogen) atoms. The Balaban J connectivity index is 2.99. The average molecular weight is 211 g/mol. The molecule has 0 radical (unpaired) electrons. The summed E-state index contributed by atoms with van der Waals surface area (Å²) in [7, 11) is 0. The first-order valence-corrected chi connectivity index (χ1v) is 5.26. The summed E-state index contributed by atoms with van der Waals surface area (Å²) in [6.07, 6.45) is 3.77. The first-order chi connectivity index (χ1) is 7.08.